The fourth-order valence-corrected chi connectivity index (χ4v) is 2.57. The number of hydrazone groups is 1. The van der Waals surface area contributed by atoms with Gasteiger partial charge in [-0.2, -0.15) is 5.10 Å². The summed E-state index contributed by atoms with van der Waals surface area (Å²) in [6.07, 6.45) is 1.38. The Balaban J connectivity index is 1.55. The van der Waals surface area contributed by atoms with Crippen molar-refractivity contribution >= 4 is 29.2 Å². The number of non-ortho nitro benzene ring substituents is 1. The van der Waals surface area contributed by atoms with E-state index in [2.05, 4.69) is 15.8 Å². The summed E-state index contributed by atoms with van der Waals surface area (Å²) in [7, 11) is 0. The van der Waals surface area contributed by atoms with Gasteiger partial charge in [-0.15, -0.1) is 0 Å². The number of nitro benzene ring substituents is 2. The number of halogens is 1. The molecule has 0 aromatic heterocycles. The maximum Gasteiger partial charge on any atom is 0.318 e. The van der Waals surface area contributed by atoms with Gasteiger partial charge in [-0.1, -0.05) is 0 Å². The second-order valence-corrected chi connectivity index (χ2v) is 6.49. The number of carbonyl (C=O) groups excluding carboxylic acids is 1. The maximum absolute atomic E-state index is 12.9. The highest BCUT2D eigenvalue weighted by molar-refractivity contribution is 5.84. The number of hydrogen-bond donors (Lipinski definition) is 2. The van der Waals surface area contributed by atoms with Crippen LogP contribution in [0, 0.1) is 26.0 Å². The second kappa shape index (κ2) is 10.4. The van der Waals surface area contributed by atoms with Crippen LogP contribution >= 0.6 is 0 Å². The minimum absolute atomic E-state index is 0.0657. The molecule has 3 rings (SSSR count). The van der Waals surface area contributed by atoms with Gasteiger partial charge < -0.3 is 10.1 Å². The van der Waals surface area contributed by atoms with Gasteiger partial charge in [0.05, 0.1) is 28.7 Å². The van der Waals surface area contributed by atoms with Crippen molar-refractivity contribution in [3.63, 3.8) is 0 Å². The molecular formula is C21H16FN5O6. The summed E-state index contributed by atoms with van der Waals surface area (Å²) in [6.45, 7) is -0.0657. The van der Waals surface area contributed by atoms with E-state index in [1.807, 2.05) is 0 Å². The highest BCUT2D eigenvalue weighted by Crippen LogP contribution is 2.34. The molecule has 0 saturated heterocycles. The molecule has 0 fully saturated rings. The second-order valence-electron chi connectivity index (χ2n) is 6.49. The molecule has 0 heterocycles. The lowest BCUT2D eigenvalue weighted by molar-refractivity contribution is -0.394. The molecular weight excluding hydrogens is 437 g/mol. The van der Waals surface area contributed by atoms with Crippen LogP contribution in [0.5, 0.6) is 11.5 Å². The fourth-order valence-electron chi connectivity index (χ4n) is 2.57. The number of amides is 1. The average Bonchev–Trinajstić information content (AvgIpc) is 2.80. The summed E-state index contributed by atoms with van der Waals surface area (Å²) >= 11 is 0. The SMILES string of the molecule is O=C(CNc1ccc(F)cc1)N/N=C\c1ccc(Oc2ccc([N+](=O)[O-])cc2[N+](=O)[O-])cc1. The third kappa shape index (κ3) is 6.55. The molecule has 0 spiro atoms. The van der Waals surface area contributed by atoms with Crippen LogP contribution in [0.1, 0.15) is 5.56 Å². The van der Waals surface area contributed by atoms with Crippen molar-refractivity contribution in [2.45, 2.75) is 0 Å². The van der Waals surface area contributed by atoms with Gasteiger partial charge in [0.2, 0.25) is 5.75 Å². The zero-order valence-electron chi connectivity index (χ0n) is 16.8. The van der Waals surface area contributed by atoms with Gasteiger partial charge in [0.1, 0.15) is 11.6 Å². The first-order chi connectivity index (χ1) is 15.8. The van der Waals surface area contributed by atoms with Crippen LogP contribution in [-0.2, 0) is 4.79 Å². The van der Waals surface area contributed by atoms with Gasteiger partial charge in [0.25, 0.3) is 11.6 Å². The molecule has 11 nitrogen and oxygen atoms in total. The van der Waals surface area contributed by atoms with Gasteiger partial charge in [-0.05, 0) is 60.2 Å². The molecule has 0 aliphatic heterocycles. The highest BCUT2D eigenvalue weighted by atomic mass is 19.1. The number of benzene rings is 3. The summed E-state index contributed by atoms with van der Waals surface area (Å²) in [5.41, 5.74) is 2.56. The molecule has 12 heteroatoms. The third-order valence-corrected chi connectivity index (χ3v) is 4.16. The van der Waals surface area contributed by atoms with Crippen LogP contribution in [-0.4, -0.2) is 28.5 Å². The number of nitrogens with one attached hydrogen (secondary N) is 2. The highest BCUT2D eigenvalue weighted by Gasteiger charge is 2.21. The van der Waals surface area contributed by atoms with Crippen LogP contribution in [0.3, 0.4) is 0 Å². The first kappa shape index (κ1) is 22.8. The molecule has 0 aliphatic rings. The Morgan fingerprint density at radius 1 is 1.00 bits per heavy atom. The third-order valence-electron chi connectivity index (χ3n) is 4.16. The van der Waals surface area contributed by atoms with Crippen LogP contribution in [0.4, 0.5) is 21.5 Å². The van der Waals surface area contributed by atoms with E-state index in [0.717, 1.165) is 18.2 Å². The molecule has 3 aromatic carbocycles. The number of anilines is 1. The van der Waals surface area contributed by atoms with Crippen molar-refractivity contribution in [1.29, 1.82) is 0 Å². The number of rotatable bonds is 9. The molecule has 3 aromatic rings. The molecule has 33 heavy (non-hydrogen) atoms. The molecule has 0 aliphatic carbocycles. The molecule has 0 saturated carbocycles. The monoisotopic (exact) mass is 453 g/mol. The molecule has 0 atom stereocenters. The average molecular weight is 453 g/mol. The minimum Gasteiger partial charge on any atom is -0.450 e. The topological polar surface area (TPSA) is 149 Å². The molecule has 0 unspecified atom stereocenters. The Morgan fingerprint density at radius 3 is 2.33 bits per heavy atom. The standard InChI is InChI=1S/C21H16FN5O6/c22-15-3-5-16(6-4-15)23-13-21(28)25-24-12-14-1-8-18(9-2-14)33-20-10-7-17(26(29)30)11-19(20)27(31)32/h1-12,23H,13H2,(H,25,28)/b24-12-. The van der Waals surface area contributed by atoms with Crippen molar-refractivity contribution < 1.29 is 23.8 Å². The van der Waals surface area contributed by atoms with E-state index in [0.29, 0.717) is 11.3 Å². The van der Waals surface area contributed by atoms with Gasteiger partial charge in [-0.3, -0.25) is 25.0 Å². The summed E-state index contributed by atoms with van der Waals surface area (Å²) < 4.78 is 18.3. The zero-order valence-corrected chi connectivity index (χ0v) is 16.8. The van der Waals surface area contributed by atoms with Gasteiger partial charge in [-0.25, -0.2) is 9.82 Å². The lowest BCUT2D eigenvalue weighted by Gasteiger charge is -2.06. The number of nitro groups is 2. The first-order valence-corrected chi connectivity index (χ1v) is 9.34. The molecule has 2 N–H and O–H groups in total. The van der Waals surface area contributed by atoms with Crippen molar-refractivity contribution in [3.8, 4) is 11.5 Å². The summed E-state index contributed by atoms with van der Waals surface area (Å²) in [4.78, 5) is 32.3. The number of nitrogens with zero attached hydrogens (tertiary/aromatic N) is 3. The Labute approximate surface area is 185 Å². The summed E-state index contributed by atoms with van der Waals surface area (Å²) in [5.74, 6) is -0.678. The van der Waals surface area contributed by atoms with Gasteiger partial charge in [0.15, 0.2) is 0 Å². The summed E-state index contributed by atoms with van der Waals surface area (Å²) in [5, 5.41) is 28.6. The van der Waals surface area contributed by atoms with E-state index in [9.17, 15) is 29.4 Å². The van der Waals surface area contributed by atoms with E-state index in [4.69, 9.17) is 4.74 Å². The quantitative estimate of drug-likeness (QED) is 0.282. The van der Waals surface area contributed by atoms with Crippen molar-refractivity contribution in [3.05, 3.63) is 98.3 Å². The predicted molar refractivity (Wildman–Crippen MR) is 117 cm³/mol. The normalized spacial score (nSPS) is 10.6. The van der Waals surface area contributed by atoms with E-state index < -0.39 is 27.1 Å². The molecule has 168 valence electrons. The maximum atomic E-state index is 12.9. The first-order valence-electron chi connectivity index (χ1n) is 9.34. The van der Waals surface area contributed by atoms with Crippen LogP contribution in [0.2, 0.25) is 0 Å². The van der Waals surface area contributed by atoms with Crippen LogP contribution in [0.25, 0.3) is 0 Å². The number of hydrogen-bond acceptors (Lipinski definition) is 8. The van der Waals surface area contributed by atoms with E-state index in [1.165, 1.54) is 42.6 Å². The molecule has 0 radical (unpaired) electrons. The number of carbonyl (C=O) groups is 1. The van der Waals surface area contributed by atoms with Crippen molar-refractivity contribution in [2.75, 3.05) is 11.9 Å². The minimum atomic E-state index is -0.767. The zero-order chi connectivity index (χ0) is 23.8. The summed E-state index contributed by atoms with van der Waals surface area (Å²) in [6, 6.07) is 14.9. The van der Waals surface area contributed by atoms with Gasteiger partial charge in [0, 0.05) is 11.8 Å². The Bertz CT molecular complexity index is 1200. The molecule has 1 amide bonds. The van der Waals surface area contributed by atoms with Crippen LogP contribution < -0.4 is 15.5 Å². The largest absolute Gasteiger partial charge is 0.450 e. The van der Waals surface area contributed by atoms with Gasteiger partial charge >= 0.3 is 5.69 Å². The Hall–Kier alpha value is -4.87. The lowest BCUT2D eigenvalue weighted by atomic mass is 10.2. The van der Waals surface area contributed by atoms with Crippen molar-refractivity contribution in [1.82, 2.24) is 5.43 Å². The number of ether oxygens (including phenoxy) is 1. The van der Waals surface area contributed by atoms with E-state index >= 15 is 0 Å². The predicted octanol–water partition coefficient (Wildman–Crippen LogP) is 4.00. The van der Waals surface area contributed by atoms with E-state index in [-0.39, 0.29) is 23.9 Å². The Kier molecular flexibility index (Phi) is 7.21. The lowest BCUT2D eigenvalue weighted by Crippen LogP contribution is -2.25. The van der Waals surface area contributed by atoms with Crippen molar-refractivity contribution in [2.24, 2.45) is 5.10 Å². The van der Waals surface area contributed by atoms with Crippen LogP contribution in [0.15, 0.2) is 71.8 Å². The molecule has 0 bridgehead atoms. The fraction of sp³-hybridized carbons (Fsp3) is 0.0476. The smallest absolute Gasteiger partial charge is 0.318 e. The van der Waals surface area contributed by atoms with E-state index in [1.54, 1.807) is 12.1 Å². The Morgan fingerprint density at radius 2 is 1.70 bits per heavy atom.